The molecule has 1 fully saturated rings. The summed E-state index contributed by atoms with van der Waals surface area (Å²) in [6.07, 6.45) is 3.14. The molecule has 26 heavy (non-hydrogen) atoms. The largest absolute Gasteiger partial charge is 0.340 e. The molecule has 0 aliphatic carbocycles. The van der Waals surface area contributed by atoms with Gasteiger partial charge in [0.05, 0.1) is 5.69 Å². The van der Waals surface area contributed by atoms with Gasteiger partial charge in [-0.15, -0.1) is 11.3 Å². The van der Waals surface area contributed by atoms with E-state index in [0.29, 0.717) is 13.0 Å². The molecule has 3 aromatic heterocycles. The SMILES string of the molecule is O=C(CCc1ccsc1)N1CCN(Cc2cc(=O)n3ccsc3n2)CC1. The number of rotatable bonds is 5. The number of aryl methyl sites for hydroxylation is 1. The Labute approximate surface area is 159 Å². The Bertz CT molecular complexity index is 940. The third-order valence-electron chi connectivity index (χ3n) is 4.67. The highest BCUT2D eigenvalue weighted by atomic mass is 32.1. The van der Waals surface area contributed by atoms with E-state index in [1.165, 1.54) is 16.9 Å². The fraction of sp³-hybridized carbons (Fsp3) is 0.389. The van der Waals surface area contributed by atoms with Crippen LogP contribution >= 0.6 is 22.7 Å². The van der Waals surface area contributed by atoms with E-state index in [2.05, 4.69) is 21.3 Å². The first-order valence-electron chi connectivity index (χ1n) is 8.66. The molecule has 4 rings (SSSR count). The molecule has 3 aromatic rings. The minimum Gasteiger partial charge on any atom is -0.340 e. The van der Waals surface area contributed by atoms with E-state index in [1.807, 2.05) is 15.7 Å². The van der Waals surface area contributed by atoms with E-state index < -0.39 is 0 Å². The van der Waals surface area contributed by atoms with Crippen molar-refractivity contribution < 1.29 is 4.79 Å². The van der Waals surface area contributed by atoms with Crippen LogP contribution in [0.5, 0.6) is 0 Å². The first kappa shape index (κ1) is 17.4. The van der Waals surface area contributed by atoms with Crippen molar-refractivity contribution in [1.29, 1.82) is 0 Å². The number of hydrogen-bond donors (Lipinski definition) is 0. The van der Waals surface area contributed by atoms with Gasteiger partial charge >= 0.3 is 0 Å². The number of carbonyl (C=O) groups is 1. The molecular formula is C18H20N4O2S2. The second-order valence-corrected chi connectivity index (χ2v) is 8.08. The van der Waals surface area contributed by atoms with Gasteiger partial charge in [-0.3, -0.25) is 18.9 Å². The summed E-state index contributed by atoms with van der Waals surface area (Å²) >= 11 is 3.14. The summed E-state index contributed by atoms with van der Waals surface area (Å²) in [5.74, 6) is 0.229. The Morgan fingerprint density at radius 2 is 2.04 bits per heavy atom. The van der Waals surface area contributed by atoms with E-state index in [1.54, 1.807) is 28.0 Å². The Kier molecular flexibility index (Phi) is 5.14. The van der Waals surface area contributed by atoms with Crippen LogP contribution < -0.4 is 5.56 Å². The summed E-state index contributed by atoms with van der Waals surface area (Å²) in [4.78, 5) is 34.0. The number of thiophene rings is 1. The number of amides is 1. The maximum absolute atomic E-state index is 12.4. The summed E-state index contributed by atoms with van der Waals surface area (Å²) < 4.78 is 1.57. The molecule has 6 nitrogen and oxygen atoms in total. The number of thiazole rings is 1. The fourth-order valence-corrected chi connectivity index (χ4v) is 4.64. The maximum atomic E-state index is 12.4. The zero-order valence-corrected chi connectivity index (χ0v) is 16.0. The summed E-state index contributed by atoms with van der Waals surface area (Å²) in [6.45, 7) is 3.76. The molecule has 1 aliphatic rings. The van der Waals surface area contributed by atoms with E-state index in [0.717, 1.165) is 43.3 Å². The van der Waals surface area contributed by atoms with Crippen molar-refractivity contribution in [3.63, 3.8) is 0 Å². The van der Waals surface area contributed by atoms with Crippen LogP contribution in [-0.4, -0.2) is 51.3 Å². The first-order valence-corrected chi connectivity index (χ1v) is 10.5. The molecule has 0 spiro atoms. The molecule has 1 aliphatic heterocycles. The van der Waals surface area contributed by atoms with Crippen molar-refractivity contribution in [2.45, 2.75) is 19.4 Å². The van der Waals surface area contributed by atoms with Gasteiger partial charge in [-0.1, -0.05) is 0 Å². The quantitative estimate of drug-likeness (QED) is 0.672. The lowest BCUT2D eigenvalue weighted by atomic mass is 10.1. The molecule has 0 N–H and O–H groups in total. The van der Waals surface area contributed by atoms with Gasteiger partial charge in [-0.25, -0.2) is 4.98 Å². The predicted octanol–water partition coefficient (Wildman–Crippen LogP) is 2.09. The molecular weight excluding hydrogens is 368 g/mol. The molecule has 0 aromatic carbocycles. The number of fused-ring (bicyclic) bond motifs is 1. The second-order valence-electron chi connectivity index (χ2n) is 6.43. The summed E-state index contributed by atoms with van der Waals surface area (Å²) in [5, 5.41) is 6.02. The normalized spacial score (nSPS) is 15.6. The molecule has 0 saturated carbocycles. The average Bonchev–Trinajstić information content (AvgIpc) is 3.32. The van der Waals surface area contributed by atoms with Crippen LogP contribution in [0.3, 0.4) is 0 Å². The highest BCUT2D eigenvalue weighted by molar-refractivity contribution is 7.15. The summed E-state index contributed by atoms with van der Waals surface area (Å²) in [6, 6.07) is 3.69. The zero-order chi connectivity index (χ0) is 17.9. The molecule has 0 radical (unpaired) electrons. The molecule has 1 amide bonds. The summed E-state index contributed by atoms with van der Waals surface area (Å²) in [7, 11) is 0. The Hall–Kier alpha value is -2.03. The molecule has 8 heteroatoms. The third kappa shape index (κ3) is 3.87. The standard InChI is InChI=1S/C18H20N4O2S2/c23-16(2-1-14-3-9-25-13-14)21-6-4-20(5-7-21)12-15-11-17(24)22-8-10-26-18(22)19-15/h3,8-11,13H,1-2,4-7,12H2. The highest BCUT2D eigenvalue weighted by Gasteiger charge is 2.21. The lowest BCUT2D eigenvalue weighted by Gasteiger charge is -2.34. The molecule has 136 valence electrons. The van der Waals surface area contributed by atoms with Gasteiger partial charge in [0.15, 0.2) is 4.96 Å². The fourth-order valence-electron chi connectivity index (χ4n) is 3.20. The number of carbonyl (C=O) groups excluding carboxylic acids is 1. The first-order chi connectivity index (χ1) is 12.7. The van der Waals surface area contributed by atoms with Gasteiger partial charge < -0.3 is 4.90 Å². The molecule has 1 saturated heterocycles. The lowest BCUT2D eigenvalue weighted by molar-refractivity contribution is -0.133. The van der Waals surface area contributed by atoms with Crippen molar-refractivity contribution in [2.24, 2.45) is 0 Å². The van der Waals surface area contributed by atoms with Crippen LogP contribution in [0.2, 0.25) is 0 Å². The second kappa shape index (κ2) is 7.69. The van der Waals surface area contributed by atoms with E-state index in [-0.39, 0.29) is 11.5 Å². The van der Waals surface area contributed by atoms with Crippen molar-refractivity contribution in [3.8, 4) is 0 Å². The van der Waals surface area contributed by atoms with Gasteiger partial charge in [0.2, 0.25) is 5.91 Å². The Morgan fingerprint density at radius 1 is 1.19 bits per heavy atom. The van der Waals surface area contributed by atoms with Crippen molar-refractivity contribution in [1.82, 2.24) is 19.2 Å². The van der Waals surface area contributed by atoms with Crippen LogP contribution in [0.4, 0.5) is 0 Å². The minimum atomic E-state index is -0.0338. The molecule has 4 heterocycles. The van der Waals surface area contributed by atoms with Gasteiger partial charge in [-0.2, -0.15) is 11.3 Å². The Morgan fingerprint density at radius 3 is 2.81 bits per heavy atom. The van der Waals surface area contributed by atoms with Crippen molar-refractivity contribution in [2.75, 3.05) is 26.2 Å². The maximum Gasteiger partial charge on any atom is 0.258 e. The molecule has 0 unspecified atom stereocenters. The zero-order valence-electron chi connectivity index (χ0n) is 14.3. The average molecular weight is 389 g/mol. The van der Waals surface area contributed by atoms with Gasteiger partial charge in [0.25, 0.3) is 5.56 Å². The van der Waals surface area contributed by atoms with E-state index in [4.69, 9.17) is 0 Å². The lowest BCUT2D eigenvalue weighted by Crippen LogP contribution is -2.48. The van der Waals surface area contributed by atoms with E-state index in [9.17, 15) is 9.59 Å². The van der Waals surface area contributed by atoms with Gasteiger partial charge in [0.1, 0.15) is 0 Å². The monoisotopic (exact) mass is 388 g/mol. The van der Waals surface area contributed by atoms with Crippen LogP contribution in [0.25, 0.3) is 4.96 Å². The molecule has 0 bridgehead atoms. The van der Waals surface area contributed by atoms with Crippen molar-refractivity contribution >= 4 is 33.5 Å². The molecule has 0 atom stereocenters. The van der Waals surface area contributed by atoms with Crippen LogP contribution in [0, 0.1) is 0 Å². The number of aromatic nitrogens is 2. The highest BCUT2D eigenvalue weighted by Crippen LogP contribution is 2.13. The van der Waals surface area contributed by atoms with Crippen LogP contribution in [-0.2, 0) is 17.8 Å². The van der Waals surface area contributed by atoms with Gasteiger partial charge in [-0.05, 0) is 28.8 Å². The summed E-state index contributed by atoms with van der Waals surface area (Å²) in [5.41, 5.74) is 2.01. The smallest absolute Gasteiger partial charge is 0.258 e. The van der Waals surface area contributed by atoms with E-state index >= 15 is 0 Å². The number of hydrogen-bond acceptors (Lipinski definition) is 6. The Balaban J connectivity index is 1.30. The topological polar surface area (TPSA) is 57.9 Å². The van der Waals surface area contributed by atoms with Gasteiger partial charge in [0, 0.05) is 56.8 Å². The van der Waals surface area contributed by atoms with Crippen LogP contribution in [0.15, 0.2) is 39.3 Å². The van der Waals surface area contributed by atoms with Crippen LogP contribution in [0.1, 0.15) is 17.7 Å². The van der Waals surface area contributed by atoms with Crippen molar-refractivity contribution in [3.05, 3.63) is 56.1 Å². The number of piperazine rings is 1. The third-order valence-corrected chi connectivity index (χ3v) is 6.16. The predicted molar refractivity (Wildman–Crippen MR) is 104 cm³/mol. The minimum absolute atomic E-state index is 0.0338. The number of nitrogens with zero attached hydrogens (tertiary/aromatic N) is 4.